The van der Waals surface area contributed by atoms with Crippen LogP contribution < -0.4 is 5.32 Å². The van der Waals surface area contributed by atoms with Gasteiger partial charge in [-0.15, -0.1) is 0 Å². The molecule has 106 valence electrons. The van der Waals surface area contributed by atoms with Gasteiger partial charge in [0.05, 0.1) is 11.1 Å². The van der Waals surface area contributed by atoms with Crippen LogP contribution in [0.2, 0.25) is 0 Å². The average molecular weight is 348 g/mol. The fourth-order valence-electron chi connectivity index (χ4n) is 1.61. The maximum Gasteiger partial charge on any atom is 0.417 e. The first-order chi connectivity index (χ1) is 9.27. The van der Waals surface area contributed by atoms with Crippen LogP contribution in [0, 0.1) is 6.92 Å². The van der Waals surface area contributed by atoms with E-state index in [1.165, 1.54) is 12.1 Å². The average Bonchev–Trinajstić information content (AvgIpc) is 2.73. The molecule has 2 aromatic rings. The number of H-pyrrole nitrogens is 1. The summed E-state index contributed by atoms with van der Waals surface area (Å²) in [5.74, 6) is -0.695. The van der Waals surface area contributed by atoms with Crippen LogP contribution in [0.25, 0.3) is 0 Å². The lowest BCUT2D eigenvalue weighted by Gasteiger charge is -2.12. The highest BCUT2D eigenvalue weighted by atomic mass is 79.9. The number of anilines is 1. The molecular weight excluding hydrogens is 339 g/mol. The number of halogens is 4. The third-order valence-electron chi connectivity index (χ3n) is 2.48. The molecule has 2 N–H and O–H groups in total. The Morgan fingerprint density at radius 2 is 2.05 bits per heavy atom. The van der Waals surface area contributed by atoms with Gasteiger partial charge in [0.1, 0.15) is 0 Å². The van der Waals surface area contributed by atoms with Gasteiger partial charge in [0.15, 0.2) is 5.82 Å². The summed E-state index contributed by atoms with van der Waals surface area (Å²) in [6.45, 7) is 1.71. The van der Waals surface area contributed by atoms with Crippen molar-refractivity contribution in [2.24, 2.45) is 0 Å². The Balaban J connectivity index is 2.34. The van der Waals surface area contributed by atoms with E-state index >= 15 is 0 Å². The Morgan fingerprint density at radius 1 is 1.35 bits per heavy atom. The van der Waals surface area contributed by atoms with E-state index in [0.717, 1.165) is 12.1 Å². The second kappa shape index (κ2) is 5.28. The molecular formula is C12H9BrF3N3O. The van der Waals surface area contributed by atoms with E-state index in [1.54, 1.807) is 6.92 Å². The monoisotopic (exact) mass is 347 g/mol. The molecule has 1 amide bonds. The second-order valence-corrected chi connectivity index (χ2v) is 4.99. The van der Waals surface area contributed by atoms with Crippen LogP contribution in [-0.2, 0) is 6.18 Å². The van der Waals surface area contributed by atoms with Crippen molar-refractivity contribution in [2.45, 2.75) is 13.1 Å². The van der Waals surface area contributed by atoms with Gasteiger partial charge in [0.2, 0.25) is 0 Å². The molecule has 0 radical (unpaired) electrons. The van der Waals surface area contributed by atoms with Crippen LogP contribution in [0.4, 0.5) is 19.0 Å². The standard InChI is InChI=1S/C12H9BrF3N3O/c1-6-4-10(19-18-6)17-11(20)8-3-2-7(13)5-9(8)12(14,15)16/h2-5H,1H3,(H2,17,18,19,20). The number of rotatable bonds is 2. The molecule has 2 rings (SSSR count). The summed E-state index contributed by atoms with van der Waals surface area (Å²) < 4.78 is 39.0. The van der Waals surface area contributed by atoms with Crippen molar-refractivity contribution in [3.05, 3.63) is 45.6 Å². The molecule has 0 aliphatic carbocycles. The van der Waals surface area contributed by atoms with E-state index < -0.39 is 23.2 Å². The van der Waals surface area contributed by atoms with Crippen LogP contribution in [-0.4, -0.2) is 16.1 Å². The van der Waals surface area contributed by atoms with Crippen LogP contribution in [0.1, 0.15) is 21.6 Å². The van der Waals surface area contributed by atoms with Crippen molar-refractivity contribution < 1.29 is 18.0 Å². The first-order valence-corrected chi connectivity index (χ1v) is 6.27. The summed E-state index contributed by atoms with van der Waals surface area (Å²) in [6, 6.07) is 4.87. The van der Waals surface area contributed by atoms with Crippen molar-refractivity contribution in [1.82, 2.24) is 10.2 Å². The molecule has 1 aromatic heterocycles. The number of carbonyl (C=O) groups is 1. The molecule has 0 atom stereocenters. The van der Waals surface area contributed by atoms with Crippen LogP contribution in [0.15, 0.2) is 28.7 Å². The Hall–Kier alpha value is -1.83. The smallest absolute Gasteiger partial charge is 0.305 e. The lowest BCUT2D eigenvalue weighted by molar-refractivity contribution is -0.137. The third kappa shape index (κ3) is 3.19. The second-order valence-electron chi connectivity index (χ2n) is 4.08. The van der Waals surface area contributed by atoms with Crippen molar-refractivity contribution in [1.29, 1.82) is 0 Å². The molecule has 0 saturated heterocycles. The number of hydrogen-bond donors (Lipinski definition) is 2. The quantitative estimate of drug-likeness (QED) is 0.869. The zero-order valence-electron chi connectivity index (χ0n) is 10.2. The minimum Gasteiger partial charge on any atom is -0.305 e. The van der Waals surface area contributed by atoms with E-state index in [1.807, 2.05) is 0 Å². The van der Waals surface area contributed by atoms with Gasteiger partial charge >= 0.3 is 6.18 Å². The lowest BCUT2D eigenvalue weighted by atomic mass is 10.1. The lowest BCUT2D eigenvalue weighted by Crippen LogP contribution is -2.19. The summed E-state index contributed by atoms with van der Waals surface area (Å²) in [5, 5.41) is 8.64. The number of hydrogen-bond acceptors (Lipinski definition) is 2. The highest BCUT2D eigenvalue weighted by Gasteiger charge is 2.35. The number of nitrogens with zero attached hydrogens (tertiary/aromatic N) is 1. The van der Waals surface area contributed by atoms with Gasteiger partial charge in [0, 0.05) is 16.2 Å². The Kier molecular flexibility index (Phi) is 3.85. The minimum atomic E-state index is -4.61. The third-order valence-corrected chi connectivity index (χ3v) is 2.97. The molecule has 8 heteroatoms. The molecule has 4 nitrogen and oxygen atoms in total. The normalized spacial score (nSPS) is 11.4. The zero-order chi connectivity index (χ0) is 14.9. The minimum absolute atomic E-state index is 0.170. The van der Waals surface area contributed by atoms with Gasteiger partial charge in [-0.2, -0.15) is 18.3 Å². The van der Waals surface area contributed by atoms with Crippen LogP contribution in [0.3, 0.4) is 0 Å². The van der Waals surface area contributed by atoms with E-state index in [2.05, 4.69) is 31.4 Å². The topological polar surface area (TPSA) is 57.8 Å². The molecule has 0 aliphatic heterocycles. The van der Waals surface area contributed by atoms with Gasteiger partial charge in [-0.25, -0.2) is 0 Å². The first-order valence-electron chi connectivity index (χ1n) is 5.47. The van der Waals surface area contributed by atoms with Crippen molar-refractivity contribution in [3.8, 4) is 0 Å². The summed E-state index contributed by atoms with van der Waals surface area (Å²) in [6.07, 6.45) is -4.61. The van der Waals surface area contributed by atoms with E-state index in [4.69, 9.17) is 0 Å². The van der Waals surface area contributed by atoms with E-state index in [9.17, 15) is 18.0 Å². The van der Waals surface area contributed by atoms with Gasteiger partial charge in [-0.1, -0.05) is 15.9 Å². The Bertz CT molecular complexity index is 652. The molecule has 0 unspecified atom stereocenters. The van der Waals surface area contributed by atoms with Crippen molar-refractivity contribution in [2.75, 3.05) is 5.32 Å². The number of benzene rings is 1. The first kappa shape index (κ1) is 14.6. The van der Waals surface area contributed by atoms with Crippen LogP contribution in [0.5, 0.6) is 0 Å². The SMILES string of the molecule is Cc1cc(NC(=O)c2ccc(Br)cc2C(F)(F)F)n[nH]1. The highest BCUT2D eigenvalue weighted by molar-refractivity contribution is 9.10. The number of nitrogens with one attached hydrogen (secondary N) is 2. The van der Waals surface area contributed by atoms with Gasteiger partial charge < -0.3 is 5.32 Å². The Morgan fingerprint density at radius 3 is 2.60 bits per heavy atom. The number of alkyl halides is 3. The number of aryl methyl sites for hydroxylation is 1. The van der Waals surface area contributed by atoms with Gasteiger partial charge in [-0.3, -0.25) is 9.89 Å². The molecule has 0 aliphatic rings. The molecule has 0 fully saturated rings. The van der Waals surface area contributed by atoms with Crippen molar-refractivity contribution >= 4 is 27.7 Å². The molecule has 1 heterocycles. The van der Waals surface area contributed by atoms with E-state index in [-0.39, 0.29) is 10.3 Å². The molecule has 0 spiro atoms. The molecule has 0 bridgehead atoms. The number of aromatic amines is 1. The summed E-state index contributed by atoms with van der Waals surface area (Å²) in [4.78, 5) is 11.9. The van der Waals surface area contributed by atoms with Gasteiger partial charge in [0.25, 0.3) is 5.91 Å². The number of carbonyl (C=O) groups excluding carboxylic acids is 1. The van der Waals surface area contributed by atoms with Gasteiger partial charge in [-0.05, 0) is 25.1 Å². The molecule has 20 heavy (non-hydrogen) atoms. The van der Waals surface area contributed by atoms with E-state index in [0.29, 0.717) is 5.69 Å². The van der Waals surface area contributed by atoms with Crippen LogP contribution >= 0.6 is 15.9 Å². The molecule has 0 saturated carbocycles. The fourth-order valence-corrected chi connectivity index (χ4v) is 1.98. The predicted octanol–water partition coefficient (Wildman–Crippen LogP) is 3.75. The summed E-state index contributed by atoms with van der Waals surface area (Å²) in [5.41, 5.74) is -0.773. The number of aromatic nitrogens is 2. The highest BCUT2D eigenvalue weighted by Crippen LogP contribution is 2.34. The maximum atomic E-state index is 12.9. The number of amides is 1. The van der Waals surface area contributed by atoms with Crippen molar-refractivity contribution in [3.63, 3.8) is 0 Å². The Labute approximate surface area is 120 Å². The zero-order valence-corrected chi connectivity index (χ0v) is 11.8. The fraction of sp³-hybridized carbons (Fsp3) is 0.167. The predicted molar refractivity (Wildman–Crippen MR) is 70.4 cm³/mol. The largest absolute Gasteiger partial charge is 0.417 e. The molecule has 1 aromatic carbocycles. The summed E-state index contributed by atoms with van der Waals surface area (Å²) in [7, 11) is 0. The maximum absolute atomic E-state index is 12.9. The summed E-state index contributed by atoms with van der Waals surface area (Å²) >= 11 is 2.96.